The van der Waals surface area contributed by atoms with Crippen LogP contribution >= 0.6 is 0 Å². The smallest absolute Gasteiger partial charge is 0.262 e. The molecule has 7 heteroatoms. The van der Waals surface area contributed by atoms with E-state index < -0.39 is 0 Å². The highest BCUT2D eigenvalue weighted by molar-refractivity contribution is 6.06. The van der Waals surface area contributed by atoms with Crippen LogP contribution in [0, 0.1) is 5.92 Å². The Hall–Kier alpha value is -2.83. The van der Waals surface area contributed by atoms with E-state index in [1.54, 1.807) is 31.1 Å². The summed E-state index contributed by atoms with van der Waals surface area (Å²) in [6.07, 6.45) is 3.42. The lowest BCUT2D eigenvalue weighted by Crippen LogP contribution is -2.27. The van der Waals surface area contributed by atoms with Crippen molar-refractivity contribution in [2.75, 3.05) is 24.4 Å². The first-order valence-electron chi connectivity index (χ1n) is 7.76. The molecule has 1 aliphatic carbocycles. The topological polar surface area (TPSA) is 76.5 Å². The largest absolute Gasteiger partial charge is 0.481 e. The van der Waals surface area contributed by atoms with E-state index >= 15 is 0 Å². The highest BCUT2D eigenvalue weighted by Crippen LogP contribution is 2.32. The normalized spacial score (nSPS) is 13.5. The lowest BCUT2D eigenvalue weighted by molar-refractivity contribution is -0.119. The standard InChI is InChI=1S/C17H20N4O3/c1-20(16(23)11-4-5-11)13-8-6-12(7-9-13)19-15(22)14-10-18-21(2)17(14)24-3/h6-11H,4-5H2,1-3H3,(H,19,22). The number of aryl methyl sites for hydroxylation is 1. The molecule has 0 radical (unpaired) electrons. The quantitative estimate of drug-likeness (QED) is 0.911. The molecule has 24 heavy (non-hydrogen) atoms. The van der Waals surface area contributed by atoms with E-state index in [1.807, 2.05) is 12.1 Å². The van der Waals surface area contributed by atoms with Crippen molar-refractivity contribution in [3.63, 3.8) is 0 Å². The molecule has 1 heterocycles. The summed E-state index contributed by atoms with van der Waals surface area (Å²) in [7, 11) is 4.97. The number of aromatic nitrogens is 2. The van der Waals surface area contributed by atoms with Gasteiger partial charge in [0.1, 0.15) is 5.56 Å². The van der Waals surface area contributed by atoms with Crippen molar-refractivity contribution in [3.05, 3.63) is 36.0 Å². The number of nitrogens with zero attached hydrogens (tertiary/aromatic N) is 3. The van der Waals surface area contributed by atoms with Crippen LogP contribution in [0.15, 0.2) is 30.5 Å². The molecule has 126 valence electrons. The fraction of sp³-hybridized carbons (Fsp3) is 0.353. The average molecular weight is 328 g/mol. The van der Waals surface area contributed by atoms with Crippen LogP contribution in [-0.2, 0) is 11.8 Å². The first-order valence-corrected chi connectivity index (χ1v) is 7.76. The van der Waals surface area contributed by atoms with Crippen molar-refractivity contribution in [1.82, 2.24) is 9.78 Å². The van der Waals surface area contributed by atoms with Gasteiger partial charge in [0.2, 0.25) is 11.8 Å². The Labute approximate surface area is 140 Å². The average Bonchev–Trinajstić information content (AvgIpc) is 3.36. The van der Waals surface area contributed by atoms with E-state index in [0.717, 1.165) is 18.5 Å². The van der Waals surface area contributed by atoms with E-state index in [-0.39, 0.29) is 17.7 Å². The van der Waals surface area contributed by atoms with Crippen molar-refractivity contribution in [2.24, 2.45) is 13.0 Å². The monoisotopic (exact) mass is 328 g/mol. The fourth-order valence-corrected chi connectivity index (χ4v) is 2.52. The molecule has 0 saturated heterocycles. The molecule has 1 N–H and O–H groups in total. The number of carbonyl (C=O) groups is 2. The molecule has 1 aromatic heterocycles. The van der Waals surface area contributed by atoms with Gasteiger partial charge >= 0.3 is 0 Å². The molecule has 2 amide bonds. The molecule has 0 bridgehead atoms. The van der Waals surface area contributed by atoms with Gasteiger partial charge in [0.25, 0.3) is 5.91 Å². The summed E-state index contributed by atoms with van der Waals surface area (Å²) in [6.45, 7) is 0. The second kappa shape index (κ2) is 6.35. The van der Waals surface area contributed by atoms with Gasteiger partial charge in [0.15, 0.2) is 0 Å². The number of benzene rings is 1. The summed E-state index contributed by atoms with van der Waals surface area (Å²) >= 11 is 0. The summed E-state index contributed by atoms with van der Waals surface area (Å²) in [6, 6.07) is 7.17. The molecule has 2 aromatic rings. The highest BCUT2D eigenvalue weighted by Gasteiger charge is 2.32. The summed E-state index contributed by atoms with van der Waals surface area (Å²) in [5.41, 5.74) is 1.82. The van der Waals surface area contributed by atoms with Crippen LogP contribution < -0.4 is 15.0 Å². The van der Waals surface area contributed by atoms with Gasteiger partial charge in [-0.3, -0.25) is 9.59 Å². The second-order valence-electron chi connectivity index (χ2n) is 5.86. The van der Waals surface area contributed by atoms with E-state index in [0.29, 0.717) is 17.1 Å². The van der Waals surface area contributed by atoms with Crippen LogP contribution in [0.1, 0.15) is 23.2 Å². The van der Waals surface area contributed by atoms with Gasteiger partial charge in [0.05, 0.1) is 13.3 Å². The maximum Gasteiger partial charge on any atom is 0.262 e. The Balaban J connectivity index is 1.69. The number of nitrogens with one attached hydrogen (secondary N) is 1. The van der Waals surface area contributed by atoms with Gasteiger partial charge in [-0.25, -0.2) is 4.68 Å². The number of methoxy groups -OCH3 is 1. The molecule has 0 unspecified atom stereocenters. The molecular formula is C17H20N4O3. The maximum atomic E-state index is 12.3. The van der Waals surface area contributed by atoms with Crippen LogP contribution in [0.2, 0.25) is 0 Å². The Morgan fingerprint density at radius 2 is 1.96 bits per heavy atom. The van der Waals surface area contributed by atoms with Crippen LogP contribution in [0.3, 0.4) is 0 Å². The molecule has 1 saturated carbocycles. The second-order valence-corrected chi connectivity index (χ2v) is 5.86. The Bertz CT molecular complexity index is 763. The van der Waals surface area contributed by atoms with Crippen LogP contribution in [-0.4, -0.2) is 35.8 Å². The molecule has 1 aliphatic rings. The van der Waals surface area contributed by atoms with Crippen molar-refractivity contribution < 1.29 is 14.3 Å². The van der Waals surface area contributed by atoms with Crippen LogP contribution in [0.5, 0.6) is 5.88 Å². The Morgan fingerprint density at radius 1 is 1.29 bits per heavy atom. The van der Waals surface area contributed by atoms with Gasteiger partial charge < -0.3 is 15.0 Å². The molecule has 1 aromatic carbocycles. The van der Waals surface area contributed by atoms with E-state index in [9.17, 15) is 9.59 Å². The van der Waals surface area contributed by atoms with Crippen molar-refractivity contribution in [3.8, 4) is 5.88 Å². The molecule has 1 fully saturated rings. The molecule has 0 atom stereocenters. The zero-order valence-corrected chi connectivity index (χ0v) is 13.9. The summed E-state index contributed by atoms with van der Waals surface area (Å²) in [5, 5.41) is 6.82. The molecule has 3 rings (SSSR count). The minimum absolute atomic E-state index is 0.145. The molecule has 0 aliphatic heterocycles. The number of rotatable bonds is 5. The zero-order chi connectivity index (χ0) is 17.3. The van der Waals surface area contributed by atoms with Crippen molar-refractivity contribution in [2.45, 2.75) is 12.8 Å². The fourth-order valence-electron chi connectivity index (χ4n) is 2.52. The van der Waals surface area contributed by atoms with Gasteiger partial charge in [-0.1, -0.05) is 0 Å². The Kier molecular flexibility index (Phi) is 4.24. The summed E-state index contributed by atoms with van der Waals surface area (Å²) in [5.74, 6) is 0.424. The lowest BCUT2D eigenvalue weighted by Gasteiger charge is -2.17. The number of ether oxygens (including phenoxy) is 1. The minimum Gasteiger partial charge on any atom is -0.481 e. The molecular weight excluding hydrogens is 308 g/mol. The zero-order valence-electron chi connectivity index (χ0n) is 13.9. The number of hydrogen-bond acceptors (Lipinski definition) is 4. The third-order valence-corrected chi connectivity index (χ3v) is 4.09. The van der Waals surface area contributed by atoms with Crippen LogP contribution in [0.4, 0.5) is 11.4 Å². The van der Waals surface area contributed by atoms with Gasteiger partial charge in [-0.05, 0) is 37.1 Å². The maximum absolute atomic E-state index is 12.3. The molecule has 0 spiro atoms. The van der Waals surface area contributed by atoms with Crippen LogP contribution in [0.25, 0.3) is 0 Å². The predicted octanol–water partition coefficient (Wildman–Crippen LogP) is 2.05. The third-order valence-electron chi connectivity index (χ3n) is 4.09. The lowest BCUT2D eigenvalue weighted by atomic mass is 10.2. The SMILES string of the molecule is COc1c(C(=O)Nc2ccc(N(C)C(=O)C3CC3)cc2)cnn1C. The highest BCUT2D eigenvalue weighted by atomic mass is 16.5. The number of amides is 2. The first kappa shape index (κ1) is 16.0. The number of carbonyl (C=O) groups excluding carboxylic acids is 2. The third kappa shape index (κ3) is 3.10. The summed E-state index contributed by atoms with van der Waals surface area (Å²) in [4.78, 5) is 26.0. The Morgan fingerprint density at radius 3 is 2.54 bits per heavy atom. The predicted molar refractivity (Wildman–Crippen MR) is 90.3 cm³/mol. The van der Waals surface area contributed by atoms with E-state index in [2.05, 4.69) is 10.4 Å². The van der Waals surface area contributed by atoms with E-state index in [4.69, 9.17) is 4.74 Å². The molecule has 7 nitrogen and oxygen atoms in total. The first-order chi connectivity index (χ1) is 11.5. The van der Waals surface area contributed by atoms with Crippen molar-refractivity contribution >= 4 is 23.2 Å². The number of hydrogen-bond donors (Lipinski definition) is 1. The van der Waals surface area contributed by atoms with Gasteiger partial charge in [0, 0.05) is 31.4 Å². The van der Waals surface area contributed by atoms with Gasteiger partial charge in [-0.2, -0.15) is 5.10 Å². The van der Waals surface area contributed by atoms with Crippen molar-refractivity contribution in [1.29, 1.82) is 0 Å². The number of anilines is 2. The minimum atomic E-state index is -0.296. The van der Waals surface area contributed by atoms with Gasteiger partial charge in [-0.15, -0.1) is 0 Å². The van der Waals surface area contributed by atoms with E-state index in [1.165, 1.54) is 18.0 Å². The summed E-state index contributed by atoms with van der Waals surface area (Å²) < 4.78 is 6.67.